The van der Waals surface area contributed by atoms with Crippen molar-refractivity contribution in [1.29, 1.82) is 0 Å². The van der Waals surface area contributed by atoms with Crippen LogP contribution in [-0.4, -0.2) is 54.2 Å². The fourth-order valence-corrected chi connectivity index (χ4v) is 4.24. The molecule has 1 atom stereocenters. The van der Waals surface area contributed by atoms with Gasteiger partial charge in [0, 0.05) is 25.5 Å². The van der Waals surface area contributed by atoms with E-state index in [1.807, 2.05) is 0 Å². The number of ether oxygens (including phenoxy) is 1. The Labute approximate surface area is 123 Å². The van der Waals surface area contributed by atoms with E-state index in [1.165, 1.54) is 22.8 Å². The summed E-state index contributed by atoms with van der Waals surface area (Å²) in [5.41, 5.74) is -0.673. The van der Waals surface area contributed by atoms with Crippen LogP contribution in [0.5, 0.6) is 0 Å². The average Bonchev–Trinajstić information content (AvgIpc) is 2.37. The van der Waals surface area contributed by atoms with Crippen molar-refractivity contribution in [3.63, 3.8) is 0 Å². The minimum absolute atomic E-state index is 0.0314. The molecule has 0 aliphatic carbocycles. The molecule has 0 aromatic carbocycles. The van der Waals surface area contributed by atoms with E-state index in [0.717, 1.165) is 0 Å². The van der Waals surface area contributed by atoms with Gasteiger partial charge in [-0.05, 0) is 19.9 Å². The Balaban J connectivity index is 2.36. The van der Waals surface area contributed by atoms with E-state index in [-0.39, 0.29) is 29.6 Å². The van der Waals surface area contributed by atoms with E-state index in [0.29, 0.717) is 0 Å². The molecule has 20 heavy (non-hydrogen) atoms. The molecular formula is C12H17ClN2O4S. The van der Waals surface area contributed by atoms with Crippen LogP contribution in [0.15, 0.2) is 23.4 Å². The summed E-state index contributed by atoms with van der Waals surface area (Å²) >= 11 is 5.94. The van der Waals surface area contributed by atoms with Crippen molar-refractivity contribution in [3.8, 4) is 0 Å². The Morgan fingerprint density at radius 1 is 1.60 bits per heavy atom. The second-order valence-corrected chi connectivity index (χ2v) is 7.60. The number of pyridine rings is 1. The highest BCUT2D eigenvalue weighted by atomic mass is 35.5. The zero-order chi connectivity index (χ0) is 15.0. The summed E-state index contributed by atoms with van der Waals surface area (Å²) in [6.45, 7) is 3.60. The maximum Gasteiger partial charge on any atom is 0.246 e. The lowest BCUT2D eigenvalue weighted by molar-refractivity contribution is -0.131. The smallest absolute Gasteiger partial charge is 0.246 e. The quantitative estimate of drug-likeness (QED) is 0.895. The highest BCUT2D eigenvalue weighted by molar-refractivity contribution is 7.89. The fraction of sp³-hybridized carbons (Fsp3) is 0.583. The van der Waals surface area contributed by atoms with Gasteiger partial charge in [-0.15, -0.1) is 0 Å². The molecule has 0 radical (unpaired) electrons. The Kier molecular flexibility index (Phi) is 4.36. The summed E-state index contributed by atoms with van der Waals surface area (Å²) < 4.78 is 32.1. The highest BCUT2D eigenvalue weighted by Gasteiger charge is 2.39. The normalized spacial score (nSPS) is 23.7. The third kappa shape index (κ3) is 3.12. The molecule has 1 N–H and O–H groups in total. The molecular weight excluding hydrogens is 304 g/mol. The van der Waals surface area contributed by atoms with Gasteiger partial charge in [-0.2, -0.15) is 4.31 Å². The standard InChI is InChI=1S/C12H17ClN2O4S/c1-12(2)8-15(6-9(7-16)19-12)20(17,18)11-5-14-4-3-10(11)13/h3-5,9,16H,6-8H2,1-2H3. The van der Waals surface area contributed by atoms with E-state index in [1.54, 1.807) is 13.8 Å². The van der Waals surface area contributed by atoms with Gasteiger partial charge < -0.3 is 9.84 Å². The highest BCUT2D eigenvalue weighted by Crippen LogP contribution is 2.29. The summed E-state index contributed by atoms with van der Waals surface area (Å²) in [5, 5.41) is 9.38. The third-order valence-corrected chi connectivity index (χ3v) is 5.29. The summed E-state index contributed by atoms with van der Waals surface area (Å²) in [5.74, 6) is 0. The molecule has 0 saturated carbocycles. The third-order valence-electron chi connectivity index (χ3n) is 3.01. The lowest BCUT2D eigenvalue weighted by Crippen LogP contribution is -2.55. The molecule has 1 aromatic rings. The molecule has 1 aliphatic heterocycles. The maximum absolute atomic E-state index is 12.6. The van der Waals surface area contributed by atoms with Crippen LogP contribution in [0.1, 0.15) is 13.8 Å². The molecule has 1 aliphatic rings. The second-order valence-electron chi connectivity index (χ2n) is 5.29. The van der Waals surface area contributed by atoms with Crippen LogP contribution in [0.4, 0.5) is 0 Å². The SMILES string of the molecule is CC1(C)CN(S(=O)(=O)c2cnccc2Cl)CC(CO)O1. The van der Waals surface area contributed by atoms with Crippen molar-refractivity contribution in [2.45, 2.75) is 30.4 Å². The van der Waals surface area contributed by atoms with Gasteiger partial charge in [0.1, 0.15) is 4.90 Å². The summed E-state index contributed by atoms with van der Waals surface area (Å²) in [4.78, 5) is 3.78. The summed E-state index contributed by atoms with van der Waals surface area (Å²) in [6.07, 6.45) is 2.11. The molecule has 1 fully saturated rings. The molecule has 8 heteroatoms. The number of sulfonamides is 1. The number of aliphatic hydroxyl groups excluding tert-OH is 1. The topological polar surface area (TPSA) is 79.7 Å². The van der Waals surface area contributed by atoms with Crippen molar-refractivity contribution < 1.29 is 18.3 Å². The lowest BCUT2D eigenvalue weighted by Gasteiger charge is -2.41. The molecule has 2 rings (SSSR count). The molecule has 0 spiro atoms. The van der Waals surface area contributed by atoms with E-state index in [4.69, 9.17) is 16.3 Å². The molecule has 6 nitrogen and oxygen atoms in total. The summed E-state index contributed by atoms with van der Waals surface area (Å²) in [7, 11) is -3.76. The number of aromatic nitrogens is 1. The molecule has 0 bridgehead atoms. The van der Waals surface area contributed by atoms with E-state index in [9.17, 15) is 13.5 Å². The van der Waals surface area contributed by atoms with Crippen LogP contribution in [0, 0.1) is 0 Å². The van der Waals surface area contributed by atoms with Gasteiger partial charge in [0.2, 0.25) is 10.0 Å². The minimum Gasteiger partial charge on any atom is -0.394 e. The zero-order valence-electron chi connectivity index (χ0n) is 11.3. The van der Waals surface area contributed by atoms with E-state index < -0.39 is 21.7 Å². The van der Waals surface area contributed by atoms with Crippen LogP contribution in [-0.2, 0) is 14.8 Å². The van der Waals surface area contributed by atoms with Crippen LogP contribution in [0.3, 0.4) is 0 Å². The van der Waals surface area contributed by atoms with Crippen LogP contribution in [0.2, 0.25) is 5.02 Å². The van der Waals surface area contributed by atoms with Gasteiger partial charge in [-0.1, -0.05) is 11.6 Å². The van der Waals surface area contributed by atoms with Gasteiger partial charge in [0.25, 0.3) is 0 Å². The number of morpholine rings is 1. The predicted octanol–water partition coefficient (Wildman–Crippen LogP) is 0.895. The number of hydrogen-bond donors (Lipinski definition) is 1. The van der Waals surface area contributed by atoms with Gasteiger partial charge in [0.15, 0.2) is 0 Å². The monoisotopic (exact) mass is 320 g/mol. The van der Waals surface area contributed by atoms with Gasteiger partial charge >= 0.3 is 0 Å². The number of hydrogen-bond acceptors (Lipinski definition) is 5. The molecule has 2 heterocycles. The molecule has 1 saturated heterocycles. The van der Waals surface area contributed by atoms with Crippen LogP contribution >= 0.6 is 11.6 Å². The summed E-state index contributed by atoms with van der Waals surface area (Å²) in [6, 6.07) is 1.43. The van der Waals surface area contributed by atoms with Gasteiger partial charge in [-0.25, -0.2) is 8.42 Å². The first-order chi connectivity index (χ1) is 9.26. The molecule has 0 amide bonds. The molecule has 1 aromatic heterocycles. The molecule has 1 unspecified atom stereocenters. The first kappa shape index (κ1) is 15.7. The largest absolute Gasteiger partial charge is 0.394 e. The maximum atomic E-state index is 12.6. The number of nitrogens with zero attached hydrogens (tertiary/aromatic N) is 2. The first-order valence-electron chi connectivity index (χ1n) is 6.14. The Morgan fingerprint density at radius 2 is 2.30 bits per heavy atom. The predicted molar refractivity (Wildman–Crippen MR) is 74.0 cm³/mol. The number of rotatable bonds is 3. The lowest BCUT2D eigenvalue weighted by atomic mass is 10.1. The van der Waals surface area contributed by atoms with Crippen molar-refractivity contribution in [2.24, 2.45) is 0 Å². The van der Waals surface area contributed by atoms with E-state index in [2.05, 4.69) is 4.98 Å². The first-order valence-corrected chi connectivity index (χ1v) is 7.96. The van der Waals surface area contributed by atoms with Crippen molar-refractivity contribution >= 4 is 21.6 Å². The fourth-order valence-electron chi connectivity index (χ4n) is 2.21. The van der Waals surface area contributed by atoms with E-state index >= 15 is 0 Å². The average molecular weight is 321 g/mol. The Morgan fingerprint density at radius 3 is 2.90 bits per heavy atom. The Bertz CT molecular complexity index is 591. The van der Waals surface area contributed by atoms with Crippen LogP contribution < -0.4 is 0 Å². The van der Waals surface area contributed by atoms with Gasteiger partial charge in [0.05, 0.1) is 23.3 Å². The molecule has 112 valence electrons. The van der Waals surface area contributed by atoms with Crippen molar-refractivity contribution in [2.75, 3.05) is 19.7 Å². The number of halogens is 1. The second kappa shape index (κ2) is 5.57. The zero-order valence-corrected chi connectivity index (χ0v) is 12.9. The van der Waals surface area contributed by atoms with Crippen molar-refractivity contribution in [3.05, 3.63) is 23.5 Å². The van der Waals surface area contributed by atoms with Crippen molar-refractivity contribution in [1.82, 2.24) is 9.29 Å². The Hall–Kier alpha value is -0.730. The van der Waals surface area contributed by atoms with Gasteiger partial charge in [-0.3, -0.25) is 4.98 Å². The number of aliphatic hydroxyl groups is 1. The van der Waals surface area contributed by atoms with Crippen LogP contribution in [0.25, 0.3) is 0 Å². The minimum atomic E-state index is -3.76.